The van der Waals surface area contributed by atoms with Crippen LogP contribution in [0.5, 0.6) is 0 Å². The summed E-state index contributed by atoms with van der Waals surface area (Å²) in [4.78, 5) is 18.2. The number of aryl methyl sites for hydroxylation is 1. The summed E-state index contributed by atoms with van der Waals surface area (Å²) < 4.78 is 5.28. The standard InChI is InChI=1S/C16H11N3O2/c1-11-4-2-5-12(8-11)15-18-16(21-19-15)13-6-3-7-14(9-13)17-10-20/h2-9H,1H3. The Balaban J connectivity index is 1.98. The SMILES string of the molecule is Cc1cccc(-c2noc(-c3cccc(N=C=O)c3)n2)c1. The van der Waals surface area contributed by atoms with Crippen LogP contribution in [-0.2, 0) is 4.79 Å². The van der Waals surface area contributed by atoms with Gasteiger partial charge in [0.1, 0.15) is 0 Å². The van der Waals surface area contributed by atoms with Gasteiger partial charge in [-0.05, 0) is 31.2 Å². The molecule has 0 N–H and O–H groups in total. The van der Waals surface area contributed by atoms with E-state index in [1.54, 1.807) is 18.2 Å². The molecule has 3 aromatic rings. The number of benzene rings is 2. The van der Waals surface area contributed by atoms with Crippen molar-refractivity contribution >= 4 is 11.8 Å². The monoisotopic (exact) mass is 277 g/mol. The molecular formula is C16H11N3O2. The quantitative estimate of drug-likeness (QED) is 0.541. The summed E-state index contributed by atoms with van der Waals surface area (Å²) in [5.41, 5.74) is 3.23. The third kappa shape index (κ3) is 2.78. The fraction of sp³-hybridized carbons (Fsp3) is 0.0625. The van der Waals surface area contributed by atoms with E-state index < -0.39 is 0 Å². The van der Waals surface area contributed by atoms with Gasteiger partial charge in [0.25, 0.3) is 5.89 Å². The summed E-state index contributed by atoms with van der Waals surface area (Å²) in [6.45, 7) is 2.01. The Morgan fingerprint density at radius 1 is 1.10 bits per heavy atom. The van der Waals surface area contributed by atoms with Gasteiger partial charge >= 0.3 is 0 Å². The first-order chi connectivity index (χ1) is 10.3. The Bertz CT molecular complexity index is 833. The molecule has 0 saturated carbocycles. The van der Waals surface area contributed by atoms with Gasteiger partial charge in [0.2, 0.25) is 11.9 Å². The van der Waals surface area contributed by atoms with E-state index in [9.17, 15) is 4.79 Å². The first kappa shape index (κ1) is 13.0. The van der Waals surface area contributed by atoms with Crippen LogP contribution in [-0.4, -0.2) is 16.2 Å². The highest BCUT2D eigenvalue weighted by Crippen LogP contribution is 2.25. The first-order valence-electron chi connectivity index (χ1n) is 6.35. The highest BCUT2D eigenvalue weighted by Gasteiger charge is 2.11. The van der Waals surface area contributed by atoms with Gasteiger partial charge in [-0.15, -0.1) is 0 Å². The summed E-state index contributed by atoms with van der Waals surface area (Å²) >= 11 is 0. The Morgan fingerprint density at radius 2 is 1.90 bits per heavy atom. The predicted molar refractivity (Wildman–Crippen MR) is 77.7 cm³/mol. The number of nitrogens with zero attached hydrogens (tertiary/aromatic N) is 3. The normalized spacial score (nSPS) is 10.1. The molecule has 5 nitrogen and oxygen atoms in total. The topological polar surface area (TPSA) is 68.3 Å². The molecule has 0 radical (unpaired) electrons. The summed E-state index contributed by atoms with van der Waals surface area (Å²) in [7, 11) is 0. The Hall–Kier alpha value is -3.04. The third-order valence-corrected chi connectivity index (χ3v) is 2.97. The first-order valence-corrected chi connectivity index (χ1v) is 6.35. The highest BCUT2D eigenvalue weighted by atomic mass is 16.5. The second-order valence-electron chi connectivity index (χ2n) is 4.55. The van der Waals surface area contributed by atoms with Crippen molar-refractivity contribution in [3.8, 4) is 22.8 Å². The molecule has 0 spiro atoms. The molecule has 0 amide bonds. The number of rotatable bonds is 3. The summed E-state index contributed by atoms with van der Waals surface area (Å²) in [5, 5.41) is 3.99. The summed E-state index contributed by atoms with van der Waals surface area (Å²) in [5.74, 6) is 0.910. The number of aliphatic imine (C=N–C) groups is 1. The lowest BCUT2D eigenvalue weighted by Gasteiger charge is -1.96. The van der Waals surface area contributed by atoms with Gasteiger partial charge in [-0.2, -0.15) is 9.98 Å². The fourth-order valence-electron chi connectivity index (χ4n) is 2.00. The molecule has 0 atom stereocenters. The summed E-state index contributed by atoms with van der Waals surface area (Å²) in [6.07, 6.45) is 1.51. The van der Waals surface area contributed by atoms with Crippen LogP contribution in [0.2, 0.25) is 0 Å². The van der Waals surface area contributed by atoms with E-state index >= 15 is 0 Å². The van der Waals surface area contributed by atoms with Gasteiger partial charge in [0.05, 0.1) is 5.69 Å². The van der Waals surface area contributed by atoms with E-state index in [4.69, 9.17) is 4.52 Å². The van der Waals surface area contributed by atoms with Crippen molar-refractivity contribution < 1.29 is 9.32 Å². The molecule has 21 heavy (non-hydrogen) atoms. The van der Waals surface area contributed by atoms with Crippen molar-refractivity contribution in [3.05, 3.63) is 54.1 Å². The van der Waals surface area contributed by atoms with E-state index in [-0.39, 0.29) is 0 Å². The molecule has 102 valence electrons. The Kier molecular flexibility index (Phi) is 3.41. The van der Waals surface area contributed by atoms with E-state index in [1.807, 2.05) is 37.3 Å². The van der Waals surface area contributed by atoms with Crippen LogP contribution in [0.4, 0.5) is 5.69 Å². The van der Waals surface area contributed by atoms with Gasteiger partial charge in [0, 0.05) is 11.1 Å². The van der Waals surface area contributed by atoms with Crippen LogP contribution in [0.3, 0.4) is 0 Å². The van der Waals surface area contributed by atoms with Crippen molar-refractivity contribution in [1.82, 2.24) is 10.1 Å². The maximum atomic E-state index is 10.3. The molecule has 2 aromatic carbocycles. The maximum Gasteiger partial charge on any atom is 0.258 e. The second kappa shape index (κ2) is 5.53. The van der Waals surface area contributed by atoms with Gasteiger partial charge in [-0.3, -0.25) is 0 Å². The zero-order valence-electron chi connectivity index (χ0n) is 11.3. The molecular weight excluding hydrogens is 266 g/mol. The number of carbonyl (C=O) groups excluding carboxylic acids is 1. The predicted octanol–water partition coefficient (Wildman–Crippen LogP) is 3.68. The lowest BCUT2D eigenvalue weighted by molar-refractivity contribution is 0.432. The van der Waals surface area contributed by atoms with Crippen LogP contribution in [0, 0.1) is 6.92 Å². The van der Waals surface area contributed by atoms with Crippen molar-refractivity contribution in [2.75, 3.05) is 0 Å². The lowest BCUT2D eigenvalue weighted by Crippen LogP contribution is -1.82. The van der Waals surface area contributed by atoms with E-state index in [2.05, 4.69) is 15.1 Å². The molecule has 3 rings (SSSR count). The molecule has 0 aliphatic heterocycles. The van der Waals surface area contributed by atoms with Gasteiger partial charge in [0.15, 0.2) is 0 Å². The fourth-order valence-corrected chi connectivity index (χ4v) is 2.00. The van der Waals surface area contributed by atoms with Crippen molar-refractivity contribution in [3.63, 3.8) is 0 Å². The maximum absolute atomic E-state index is 10.3. The smallest absolute Gasteiger partial charge is 0.258 e. The van der Waals surface area contributed by atoms with E-state index in [0.717, 1.165) is 11.1 Å². The minimum Gasteiger partial charge on any atom is -0.334 e. The number of aromatic nitrogens is 2. The summed E-state index contributed by atoms with van der Waals surface area (Å²) in [6, 6.07) is 14.8. The third-order valence-electron chi connectivity index (χ3n) is 2.97. The van der Waals surface area contributed by atoms with Crippen molar-refractivity contribution in [2.24, 2.45) is 4.99 Å². The number of isocyanates is 1. The van der Waals surface area contributed by atoms with Crippen LogP contribution in [0.1, 0.15) is 5.56 Å². The molecule has 5 heteroatoms. The van der Waals surface area contributed by atoms with E-state index in [0.29, 0.717) is 23.0 Å². The molecule has 0 saturated heterocycles. The molecule has 0 unspecified atom stereocenters. The number of hydrogen-bond donors (Lipinski definition) is 0. The van der Waals surface area contributed by atoms with Crippen LogP contribution < -0.4 is 0 Å². The molecule has 0 aliphatic rings. The average molecular weight is 277 g/mol. The van der Waals surface area contributed by atoms with Gasteiger partial charge < -0.3 is 4.52 Å². The average Bonchev–Trinajstić information content (AvgIpc) is 2.98. The minimum atomic E-state index is 0.384. The zero-order valence-corrected chi connectivity index (χ0v) is 11.3. The molecule has 1 aromatic heterocycles. The van der Waals surface area contributed by atoms with E-state index in [1.165, 1.54) is 6.08 Å². The molecule has 0 fully saturated rings. The largest absolute Gasteiger partial charge is 0.334 e. The minimum absolute atomic E-state index is 0.384. The van der Waals surface area contributed by atoms with Crippen molar-refractivity contribution in [2.45, 2.75) is 6.92 Å². The molecule has 0 bridgehead atoms. The van der Waals surface area contributed by atoms with Crippen LogP contribution in [0.25, 0.3) is 22.8 Å². The van der Waals surface area contributed by atoms with Crippen LogP contribution in [0.15, 0.2) is 58.0 Å². The van der Waals surface area contributed by atoms with Crippen LogP contribution >= 0.6 is 0 Å². The van der Waals surface area contributed by atoms with Crippen molar-refractivity contribution in [1.29, 1.82) is 0 Å². The van der Waals surface area contributed by atoms with Gasteiger partial charge in [-0.1, -0.05) is 35.0 Å². The molecule has 1 heterocycles. The second-order valence-corrected chi connectivity index (χ2v) is 4.55. The molecule has 0 aliphatic carbocycles. The Labute approximate surface area is 121 Å². The number of hydrogen-bond acceptors (Lipinski definition) is 5. The zero-order chi connectivity index (χ0) is 14.7. The Morgan fingerprint density at radius 3 is 2.71 bits per heavy atom. The lowest BCUT2D eigenvalue weighted by atomic mass is 10.1. The van der Waals surface area contributed by atoms with Gasteiger partial charge in [-0.25, -0.2) is 4.79 Å². The highest BCUT2D eigenvalue weighted by molar-refractivity contribution is 5.64.